The quantitative estimate of drug-likeness (QED) is 0.794. The highest BCUT2D eigenvalue weighted by Crippen LogP contribution is 2.26. The average molecular weight is 266 g/mol. The van der Waals surface area contributed by atoms with Gasteiger partial charge >= 0.3 is 0 Å². The van der Waals surface area contributed by atoms with E-state index in [9.17, 15) is 4.79 Å². The Balaban J connectivity index is 1.85. The highest BCUT2D eigenvalue weighted by atomic mass is 32.2. The summed E-state index contributed by atoms with van der Waals surface area (Å²) in [7, 11) is 0. The molecule has 1 aromatic rings. The van der Waals surface area contributed by atoms with Crippen molar-refractivity contribution in [1.82, 2.24) is 9.88 Å². The molecule has 0 atom stereocenters. The zero-order valence-electron chi connectivity index (χ0n) is 10.3. The van der Waals surface area contributed by atoms with Crippen LogP contribution in [0.3, 0.4) is 0 Å². The molecule has 5 heteroatoms. The van der Waals surface area contributed by atoms with E-state index in [0.29, 0.717) is 18.3 Å². The second kappa shape index (κ2) is 6.75. The highest BCUT2D eigenvalue weighted by molar-refractivity contribution is 8.00. The lowest BCUT2D eigenvalue weighted by Crippen LogP contribution is -2.46. The molecule has 0 aromatic carbocycles. The number of hydrogen-bond acceptors (Lipinski definition) is 4. The number of pyridine rings is 1. The van der Waals surface area contributed by atoms with Gasteiger partial charge in [0.05, 0.1) is 12.4 Å². The summed E-state index contributed by atoms with van der Waals surface area (Å²) in [5.41, 5.74) is 0. The zero-order valence-corrected chi connectivity index (χ0v) is 11.1. The van der Waals surface area contributed by atoms with Gasteiger partial charge in [0.1, 0.15) is 0 Å². The molecular formula is C13H18N2O2S. The molecule has 1 aliphatic carbocycles. The van der Waals surface area contributed by atoms with Crippen molar-refractivity contribution in [3.63, 3.8) is 0 Å². The highest BCUT2D eigenvalue weighted by Gasteiger charge is 2.27. The van der Waals surface area contributed by atoms with Gasteiger partial charge < -0.3 is 10.0 Å². The van der Waals surface area contributed by atoms with Gasteiger partial charge in [-0.3, -0.25) is 9.78 Å². The summed E-state index contributed by atoms with van der Waals surface area (Å²) < 4.78 is 0. The lowest BCUT2D eigenvalue weighted by atomic mass is 9.91. The van der Waals surface area contributed by atoms with Gasteiger partial charge in [0.2, 0.25) is 5.91 Å². The zero-order chi connectivity index (χ0) is 12.8. The minimum Gasteiger partial charge on any atom is -0.395 e. The van der Waals surface area contributed by atoms with Crippen LogP contribution in [0, 0.1) is 0 Å². The standard InChI is InChI=1S/C13H18N2O2S/c16-9-8-15(11-2-1-3-11)13(17)10-18-12-4-6-14-7-5-12/h4-7,11,16H,1-3,8-10H2. The van der Waals surface area contributed by atoms with Crippen LogP contribution in [0.25, 0.3) is 0 Å². The fraction of sp³-hybridized carbons (Fsp3) is 0.538. The van der Waals surface area contributed by atoms with Crippen molar-refractivity contribution in [2.24, 2.45) is 0 Å². The maximum atomic E-state index is 12.1. The predicted molar refractivity (Wildman–Crippen MR) is 71.4 cm³/mol. The molecule has 2 rings (SSSR count). The van der Waals surface area contributed by atoms with E-state index in [2.05, 4.69) is 4.98 Å². The van der Waals surface area contributed by atoms with E-state index in [1.54, 1.807) is 12.4 Å². The van der Waals surface area contributed by atoms with E-state index in [1.165, 1.54) is 18.2 Å². The first-order valence-corrected chi connectivity index (χ1v) is 7.23. The fourth-order valence-corrected chi connectivity index (χ4v) is 2.75. The Morgan fingerprint density at radius 1 is 1.44 bits per heavy atom. The Kier molecular flexibility index (Phi) is 5.01. The second-order valence-corrected chi connectivity index (χ2v) is 5.42. The van der Waals surface area contributed by atoms with Crippen molar-refractivity contribution >= 4 is 17.7 Å². The summed E-state index contributed by atoms with van der Waals surface area (Å²) in [6.07, 6.45) is 6.79. The van der Waals surface area contributed by atoms with Crippen molar-refractivity contribution in [2.75, 3.05) is 18.9 Å². The Morgan fingerprint density at radius 2 is 2.17 bits per heavy atom. The third kappa shape index (κ3) is 3.46. The number of thioether (sulfide) groups is 1. The van der Waals surface area contributed by atoms with Gasteiger partial charge in [-0.05, 0) is 31.4 Å². The Labute approximate surface area is 111 Å². The lowest BCUT2D eigenvalue weighted by molar-refractivity contribution is -0.132. The van der Waals surface area contributed by atoms with E-state index >= 15 is 0 Å². The Bertz CT molecular complexity index is 382. The van der Waals surface area contributed by atoms with Crippen LogP contribution in [0.5, 0.6) is 0 Å². The number of aliphatic hydroxyl groups is 1. The topological polar surface area (TPSA) is 53.4 Å². The SMILES string of the molecule is O=C(CSc1ccncc1)N(CCO)C1CCC1. The largest absolute Gasteiger partial charge is 0.395 e. The number of aliphatic hydroxyl groups excluding tert-OH is 1. The molecule has 98 valence electrons. The first-order chi connectivity index (χ1) is 8.81. The van der Waals surface area contributed by atoms with E-state index < -0.39 is 0 Å². The van der Waals surface area contributed by atoms with Crippen LogP contribution in [-0.2, 0) is 4.79 Å². The smallest absolute Gasteiger partial charge is 0.233 e. The molecule has 1 fully saturated rings. The van der Waals surface area contributed by atoms with E-state index in [4.69, 9.17) is 5.11 Å². The first-order valence-electron chi connectivity index (χ1n) is 6.24. The van der Waals surface area contributed by atoms with Crippen molar-refractivity contribution in [3.05, 3.63) is 24.5 Å². The number of rotatable bonds is 6. The molecule has 1 heterocycles. The molecule has 0 bridgehead atoms. The van der Waals surface area contributed by atoms with Crippen molar-refractivity contribution in [3.8, 4) is 0 Å². The molecule has 1 aliphatic rings. The van der Waals surface area contributed by atoms with Crippen LogP contribution in [-0.4, -0.2) is 45.8 Å². The molecule has 1 saturated carbocycles. The summed E-state index contributed by atoms with van der Waals surface area (Å²) in [4.78, 5) is 18.9. The summed E-state index contributed by atoms with van der Waals surface area (Å²) in [5.74, 6) is 0.552. The molecule has 0 unspecified atom stereocenters. The van der Waals surface area contributed by atoms with Crippen molar-refractivity contribution < 1.29 is 9.90 Å². The van der Waals surface area contributed by atoms with Crippen LogP contribution in [0.1, 0.15) is 19.3 Å². The fourth-order valence-electron chi connectivity index (χ4n) is 1.98. The van der Waals surface area contributed by atoms with Gasteiger partial charge in [0.25, 0.3) is 0 Å². The lowest BCUT2D eigenvalue weighted by Gasteiger charge is -2.37. The Hall–Kier alpha value is -1.07. The van der Waals surface area contributed by atoms with Gasteiger partial charge in [-0.1, -0.05) is 0 Å². The number of nitrogens with zero attached hydrogens (tertiary/aromatic N) is 2. The summed E-state index contributed by atoms with van der Waals surface area (Å²) >= 11 is 1.52. The number of hydrogen-bond donors (Lipinski definition) is 1. The maximum Gasteiger partial charge on any atom is 0.233 e. The minimum atomic E-state index is 0.0438. The molecular weight excluding hydrogens is 248 g/mol. The third-order valence-electron chi connectivity index (χ3n) is 3.19. The normalized spacial score (nSPS) is 15.2. The molecule has 4 nitrogen and oxygen atoms in total. The number of amides is 1. The molecule has 0 spiro atoms. The van der Waals surface area contributed by atoms with Crippen LogP contribution >= 0.6 is 11.8 Å². The van der Waals surface area contributed by atoms with E-state index in [0.717, 1.165) is 17.7 Å². The molecule has 1 N–H and O–H groups in total. The first kappa shape index (κ1) is 13.4. The van der Waals surface area contributed by atoms with Gasteiger partial charge in [0, 0.05) is 29.9 Å². The van der Waals surface area contributed by atoms with Crippen molar-refractivity contribution in [1.29, 1.82) is 0 Å². The van der Waals surface area contributed by atoms with Gasteiger partial charge in [0.15, 0.2) is 0 Å². The van der Waals surface area contributed by atoms with Crippen LogP contribution < -0.4 is 0 Å². The summed E-state index contributed by atoms with van der Waals surface area (Å²) in [6, 6.07) is 4.15. The maximum absolute atomic E-state index is 12.1. The summed E-state index contributed by atoms with van der Waals surface area (Å²) in [6.45, 7) is 0.503. The molecule has 0 aliphatic heterocycles. The number of aromatic nitrogens is 1. The van der Waals surface area contributed by atoms with Crippen LogP contribution in [0.2, 0.25) is 0 Å². The van der Waals surface area contributed by atoms with E-state index in [1.807, 2.05) is 17.0 Å². The van der Waals surface area contributed by atoms with Gasteiger partial charge in [-0.25, -0.2) is 0 Å². The number of carbonyl (C=O) groups is 1. The molecule has 1 amide bonds. The van der Waals surface area contributed by atoms with Crippen LogP contribution in [0.4, 0.5) is 0 Å². The molecule has 0 radical (unpaired) electrons. The minimum absolute atomic E-state index is 0.0438. The van der Waals surface area contributed by atoms with E-state index in [-0.39, 0.29) is 12.5 Å². The molecule has 0 saturated heterocycles. The summed E-state index contributed by atoms with van der Waals surface area (Å²) in [5, 5.41) is 9.03. The number of carbonyl (C=O) groups excluding carboxylic acids is 1. The van der Waals surface area contributed by atoms with Gasteiger partial charge in [-0.15, -0.1) is 11.8 Å². The predicted octanol–water partition coefficient (Wildman–Crippen LogP) is 1.55. The molecule has 1 aromatic heterocycles. The third-order valence-corrected chi connectivity index (χ3v) is 4.19. The molecule has 18 heavy (non-hydrogen) atoms. The Morgan fingerprint density at radius 3 is 2.72 bits per heavy atom. The van der Waals surface area contributed by atoms with Crippen LogP contribution in [0.15, 0.2) is 29.4 Å². The average Bonchev–Trinajstić information content (AvgIpc) is 2.34. The monoisotopic (exact) mass is 266 g/mol. The van der Waals surface area contributed by atoms with Crippen molar-refractivity contribution in [2.45, 2.75) is 30.2 Å². The second-order valence-electron chi connectivity index (χ2n) is 4.37. The van der Waals surface area contributed by atoms with Gasteiger partial charge in [-0.2, -0.15) is 0 Å².